The highest BCUT2D eigenvalue weighted by atomic mass is 79.9. The summed E-state index contributed by atoms with van der Waals surface area (Å²) in [6.45, 7) is 1.86. The first-order valence-corrected chi connectivity index (χ1v) is 15.4. The fourth-order valence-electron chi connectivity index (χ4n) is 3.87. The van der Waals surface area contributed by atoms with Crippen molar-refractivity contribution in [1.82, 2.24) is 5.32 Å². The van der Waals surface area contributed by atoms with Gasteiger partial charge in [0.15, 0.2) is 0 Å². The van der Waals surface area contributed by atoms with Crippen LogP contribution in [0.1, 0.15) is 29.3 Å². The summed E-state index contributed by atoms with van der Waals surface area (Å²) in [5.74, 6) is -1.98. The molecule has 0 saturated heterocycles. The van der Waals surface area contributed by atoms with Crippen LogP contribution >= 0.6 is 50.9 Å². The maximum atomic E-state index is 14.3. The minimum atomic E-state index is -0.599. The number of amides is 3. The van der Waals surface area contributed by atoms with E-state index in [1.807, 2.05) is 6.92 Å². The second kappa shape index (κ2) is 15.2. The minimum Gasteiger partial charge on any atom is -0.323 e. The summed E-state index contributed by atoms with van der Waals surface area (Å²) in [5, 5.41) is 8.11. The van der Waals surface area contributed by atoms with Gasteiger partial charge < -0.3 is 16.0 Å². The van der Waals surface area contributed by atoms with Crippen LogP contribution in [0.25, 0.3) is 6.08 Å². The van der Waals surface area contributed by atoms with E-state index in [0.717, 1.165) is 0 Å². The van der Waals surface area contributed by atoms with E-state index in [-0.39, 0.29) is 22.3 Å². The van der Waals surface area contributed by atoms with Crippen LogP contribution in [-0.4, -0.2) is 23.0 Å². The maximum absolute atomic E-state index is 14.3. The average molecular weight is 701 g/mol. The van der Waals surface area contributed by atoms with Gasteiger partial charge in [0.05, 0.1) is 21.0 Å². The third kappa shape index (κ3) is 8.93. The van der Waals surface area contributed by atoms with Crippen LogP contribution in [0.3, 0.4) is 0 Å². The highest BCUT2D eigenvalue weighted by Crippen LogP contribution is 2.30. The summed E-state index contributed by atoms with van der Waals surface area (Å²) in [7, 11) is 0. The molecular formula is C32H25BrCl2FN3O3S. The molecule has 0 aliphatic heterocycles. The van der Waals surface area contributed by atoms with E-state index in [2.05, 4.69) is 31.9 Å². The van der Waals surface area contributed by atoms with Crippen molar-refractivity contribution in [3.63, 3.8) is 0 Å². The molecule has 4 aromatic rings. The van der Waals surface area contributed by atoms with E-state index in [1.54, 1.807) is 78.9 Å². The van der Waals surface area contributed by atoms with Crippen LogP contribution in [0.2, 0.25) is 10.0 Å². The number of rotatable bonds is 10. The lowest BCUT2D eigenvalue weighted by molar-refractivity contribution is -0.116. The molecule has 6 nitrogen and oxygen atoms in total. The summed E-state index contributed by atoms with van der Waals surface area (Å²) in [6, 6.07) is 24.8. The Morgan fingerprint density at radius 3 is 2.40 bits per heavy atom. The number of carbonyl (C=O) groups excluding carboxylic acids is 3. The molecule has 1 atom stereocenters. The van der Waals surface area contributed by atoms with Gasteiger partial charge in [-0.05, 0) is 72.7 Å². The van der Waals surface area contributed by atoms with Gasteiger partial charge in [0.1, 0.15) is 11.5 Å². The van der Waals surface area contributed by atoms with Gasteiger partial charge in [0.2, 0.25) is 5.91 Å². The van der Waals surface area contributed by atoms with Crippen molar-refractivity contribution in [3.8, 4) is 0 Å². The van der Waals surface area contributed by atoms with Gasteiger partial charge in [-0.3, -0.25) is 14.4 Å². The number of hydrogen-bond donors (Lipinski definition) is 3. The van der Waals surface area contributed by atoms with Gasteiger partial charge >= 0.3 is 0 Å². The average Bonchev–Trinajstić information content (AvgIpc) is 2.99. The lowest BCUT2D eigenvalue weighted by Gasteiger charge is -2.16. The van der Waals surface area contributed by atoms with E-state index < -0.39 is 22.9 Å². The molecule has 0 aliphatic rings. The molecule has 0 bridgehead atoms. The van der Waals surface area contributed by atoms with Crippen molar-refractivity contribution >= 4 is 86.1 Å². The molecule has 43 heavy (non-hydrogen) atoms. The van der Waals surface area contributed by atoms with Crippen molar-refractivity contribution in [3.05, 3.63) is 128 Å². The van der Waals surface area contributed by atoms with Crippen LogP contribution in [0.15, 0.2) is 106 Å². The number of nitrogens with one attached hydrogen (secondary N) is 3. The van der Waals surface area contributed by atoms with E-state index >= 15 is 0 Å². The van der Waals surface area contributed by atoms with Gasteiger partial charge in [-0.2, -0.15) is 0 Å². The Kier molecular flexibility index (Phi) is 11.4. The molecule has 0 aliphatic carbocycles. The molecule has 220 valence electrons. The van der Waals surface area contributed by atoms with E-state index in [1.165, 1.54) is 30.0 Å². The molecule has 11 heteroatoms. The monoisotopic (exact) mass is 699 g/mol. The van der Waals surface area contributed by atoms with Crippen molar-refractivity contribution in [2.24, 2.45) is 0 Å². The first kappa shape index (κ1) is 32.3. The predicted molar refractivity (Wildman–Crippen MR) is 176 cm³/mol. The Morgan fingerprint density at radius 2 is 1.67 bits per heavy atom. The molecule has 0 fully saturated rings. The number of thioether (sulfide) groups is 1. The number of anilines is 2. The minimum absolute atomic E-state index is 0.0570. The molecule has 0 aromatic heterocycles. The van der Waals surface area contributed by atoms with Gasteiger partial charge in [-0.15, -0.1) is 11.8 Å². The Balaban J connectivity index is 1.53. The lowest BCUT2D eigenvalue weighted by Crippen LogP contribution is -2.30. The fraction of sp³-hybridized carbons (Fsp3) is 0.0938. The molecule has 4 rings (SSSR count). The molecular weight excluding hydrogens is 676 g/mol. The molecule has 0 heterocycles. The molecule has 0 saturated carbocycles. The Labute approximate surface area is 271 Å². The molecule has 0 radical (unpaired) electrons. The molecule has 3 N–H and O–H groups in total. The van der Waals surface area contributed by atoms with Gasteiger partial charge in [0, 0.05) is 20.6 Å². The summed E-state index contributed by atoms with van der Waals surface area (Å²) < 4.78 is 14.8. The van der Waals surface area contributed by atoms with Crippen LogP contribution in [-0.2, 0) is 9.59 Å². The first-order chi connectivity index (χ1) is 20.6. The van der Waals surface area contributed by atoms with Gasteiger partial charge in [0.25, 0.3) is 11.8 Å². The van der Waals surface area contributed by atoms with Crippen molar-refractivity contribution in [1.29, 1.82) is 0 Å². The van der Waals surface area contributed by atoms with Crippen molar-refractivity contribution in [2.75, 3.05) is 10.6 Å². The highest BCUT2D eigenvalue weighted by Gasteiger charge is 2.21. The molecule has 0 spiro atoms. The number of halogens is 4. The number of carbonyl (C=O) groups is 3. The maximum Gasteiger partial charge on any atom is 0.272 e. The normalized spacial score (nSPS) is 11.9. The third-order valence-corrected chi connectivity index (χ3v) is 8.72. The third-order valence-electron chi connectivity index (χ3n) is 6.03. The quantitative estimate of drug-likeness (QED) is 0.114. The number of hydrogen-bond acceptors (Lipinski definition) is 4. The zero-order valence-corrected chi connectivity index (χ0v) is 26.6. The zero-order chi connectivity index (χ0) is 30.9. The Bertz CT molecular complexity index is 1690. The fourth-order valence-corrected chi connectivity index (χ4v) is 5.57. The predicted octanol–water partition coefficient (Wildman–Crippen LogP) is 8.81. The molecule has 4 aromatic carbocycles. The SMILES string of the molecule is CCC(Sc1cccc(NC(=O)/C(=C\c2cccc(Cl)c2Cl)NC(=O)c2ccccc2)c1)C(=O)Nc1ccc(Br)cc1F. The summed E-state index contributed by atoms with van der Waals surface area (Å²) in [4.78, 5) is 40.0. The number of benzene rings is 4. The zero-order valence-electron chi connectivity index (χ0n) is 22.7. The Hall–Kier alpha value is -3.63. The van der Waals surface area contributed by atoms with Crippen molar-refractivity contribution < 1.29 is 18.8 Å². The first-order valence-electron chi connectivity index (χ1n) is 13.0. The van der Waals surface area contributed by atoms with Crippen LogP contribution in [0.5, 0.6) is 0 Å². The van der Waals surface area contributed by atoms with E-state index in [4.69, 9.17) is 23.2 Å². The van der Waals surface area contributed by atoms with E-state index in [9.17, 15) is 18.8 Å². The van der Waals surface area contributed by atoms with Crippen LogP contribution in [0.4, 0.5) is 15.8 Å². The Morgan fingerprint density at radius 1 is 0.930 bits per heavy atom. The van der Waals surface area contributed by atoms with Crippen LogP contribution < -0.4 is 16.0 Å². The van der Waals surface area contributed by atoms with Crippen molar-refractivity contribution in [2.45, 2.75) is 23.5 Å². The van der Waals surface area contributed by atoms with Crippen LogP contribution in [0, 0.1) is 5.82 Å². The lowest BCUT2D eigenvalue weighted by atomic mass is 10.1. The highest BCUT2D eigenvalue weighted by molar-refractivity contribution is 9.10. The van der Waals surface area contributed by atoms with Gasteiger partial charge in [-0.1, -0.05) is 82.5 Å². The molecule has 3 amide bonds. The summed E-state index contributed by atoms with van der Waals surface area (Å²) in [6.07, 6.45) is 1.92. The topological polar surface area (TPSA) is 87.3 Å². The molecule has 1 unspecified atom stereocenters. The largest absolute Gasteiger partial charge is 0.323 e. The second-order valence-electron chi connectivity index (χ2n) is 9.13. The summed E-state index contributed by atoms with van der Waals surface area (Å²) in [5.41, 5.74) is 1.27. The summed E-state index contributed by atoms with van der Waals surface area (Å²) >= 11 is 17.0. The smallest absolute Gasteiger partial charge is 0.272 e. The standard InChI is InChI=1S/C32H25BrCl2FN3O3S/c1-2-28(32(42)38-26-15-14-21(33)17-25(26)36)43-23-12-7-11-22(18-23)37-31(41)27(16-20-10-6-13-24(34)29(20)35)39-30(40)19-8-4-3-5-9-19/h3-18,28H,2H2,1H3,(H,37,41)(H,38,42)(H,39,40)/b27-16+. The second-order valence-corrected chi connectivity index (χ2v) is 12.1. The van der Waals surface area contributed by atoms with E-state index in [0.29, 0.717) is 37.6 Å². The van der Waals surface area contributed by atoms with Gasteiger partial charge in [-0.25, -0.2) is 4.39 Å².